The quantitative estimate of drug-likeness (QED) is 0.193. The maximum absolute atomic E-state index is 12.3. The van der Waals surface area contributed by atoms with Crippen LogP contribution in [0.1, 0.15) is 21.5 Å². The molecule has 3 aromatic rings. The molecule has 188 valence electrons. The predicted octanol–water partition coefficient (Wildman–Crippen LogP) is 6.59. The number of ketones is 1. The van der Waals surface area contributed by atoms with E-state index in [1.165, 1.54) is 24.4 Å². The van der Waals surface area contributed by atoms with E-state index in [9.17, 15) is 18.0 Å². The number of carbonyl (C=O) groups excluding carboxylic acids is 1. The van der Waals surface area contributed by atoms with Crippen LogP contribution in [0.4, 0.5) is 18.9 Å². The number of alkyl halides is 3. The molecule has 1 N–H and O–H groups in total. The largest absolute Gasteiger partial charge is 0.573 e. The Balaban J connectivity index is 1.65. The van der Waals surface area contributed by atoms with Gasteiger partial charge in [0, 0.05) is 23.5 Å². The second kappa shape index (κ2) is 11.8. The SMILES string of the molecule is COc1cc(/C=C/c2cccc(N/C=C\C(=O)c3ccc(OC(F)(F)F)cc3)c2)cc(OC)c1OC. The summed E-state index contributed by atoms with van der Waals surface area (Å²) in [6.07, 6.45) is 1.77. The predicted molar refractivity (Wildman–Crippen MR) is 132 cm³/mol. The van der Waals surface area contributed by atoms with Crippen molar-refractivity contribution in [2.75, 3.05) is 26.6 Å². The number of ether oxygens (including phenoxy) is 4. The highest BCUT2D eigenvalue weighted by Gasteiger charge is 2.31. The molecule has 0 radical (unpaired) electrons. The van der Waals surface area contributed by atoms with Crippen LogP contribution >= 0.6 is 0 Å². The fourth-order valence-electron chi connectivity index (χ4n) is 3.25. The normalized spacial score (nSPS) is 11.5. The molecule has 0 aliphatic heterocycles. The molecule has 3 aromatic carbocycles. The molecule has 0 spiro atoms. The van der Waals surface area contributed by atoms with Crippen molar-refractivity contribution < 1.29 is 36.9 Å². The summed E-state index contributed by atoms with van der Waals surface area (Å²) in [5, 5.41) is 3.01. The number of methoxy groups -OCH3 is 3. The minimum atomic E-state index is -4.78. The molecule has 0 aliphatic carbocycles. The van der Waals surface area contributed by atoms with E-state index in [1.54, 1.807) is 21.3 Å². The molecule has 0 saturated heterocycles. The highest BCUT2D eigenvalue weighted by molar-refractivity contribution is 6.04. The molecule has 0 atom stereocenters. The standard InChI is InChI=1S/C27H24F3NO5/c1-33-24-16-19(17-25(34-2)26(24)35-3)8-7-18-5-4-6-21(15-18)31-14-13-23(32)20-9-11-22(12-10-20)36-27(28,29)30/h4-17,31H,1-3H3/b8-7+,14-13-. The number of carbonyl (C=O) groups is 1. The van der Waals surface area contributed by atoms with E-state index in [4.69, 9.17) is 14.2 Å². The first-order chi connectivity index (χ1) is 17.2. The number of hydrogen-bond donors (Lipinski definition) is 1. The lowest BCUT2D eigenvalue weighted by Crippen LogP contribution is -2.17. The molecule has 0 aromatic heterocycles. The van der Waals surface area contributed by atoms with Gasteiger partial charge in [-0.05, 0) is 59.7 Å². The van der Waals surface area contributed by atoms with Gasteiger partial charge in [0.15, 0.2) is 17.3 Å². The van der Waals surface area contributed by atoms with Crippen molar-refractivity contribution in [2.45, 2.75) is 6.36 Å². The van der Waals surface area contributed by atoms with Crippen LogP contribution in [0.25, 0.3) is 12.2 Å². The van der Waals surface area contributed by atoms with Gasteiger partial charge in [-0.25, -0.2) is 0 Å². The average Bonchev–Trinajstić information content (AvgIpc) is 2.86. The highest BCUT2D eigenvalue weighted by atomic mass is 19.4. The van der Waals surface area contributed by atoms with Crippen LogP contribution in [-0.4, -0.2) is 33.5 Å². The number of allylic oxidation sites excluding steroid dienone is 1. The van der Waals surface area contributed by atoms with Crippen LogP contribution in [0.3, 0.4) is 0 Å². The molecule has 0 unspecified atom stereocenters. The van der Waals surface area contributed by atoms with Crippen LogP contribution in [0.5, 0.6) is 23.0 Å². The molecule has 3 rings (SSSR count). The highest BCUT2D eigenvalue weighted by Crippen LogP contribution is 2.38. The van der Waals surface area contributed by atoms with Gasteiger partial charge in [-0.2, -0.15) is 0 Å². The molecular formula is C27H24F3NO5. The molecule has 0 amide bonds. The molecule has 9 heteroatoms. The van der Waals surface area contributed by atoms with E-state index in [2.05, 4.69) is 10.1 Å². The summed E-state index contributed by atoms with van der Waals surface area (Å²) in [6.45, 7) is 0. The van der Waals surface area contributed by atoms with Crippen molar-refractivity contribution in [2.24, 2.45) is 0 Å². The zero-order valence-corrected chi connectivity index (χ0v) is 19.8. The summed E-state index contributed by atoms with van der Waals surface area (Å²) in [5.41, 5.74) is 2.71. The number of hydrogen-bond acceptors (Lipinski definition) is 6. The van der Waals surface area contributed by atoms with Crippen molar-refractivity contribution in [3.63, 3.8) is 0 Å². The Kier molecular flexibility index (Phi) is 8.61. The minimum Gasteiger partial charge on any atom is -0.493 e. The van der Waals surface area contributed by atoms with E-state index < -0.39 is 12.1 Å². The third-order valence-corrected chi connectivity index (χ3v) is 4.90. The second-order valence-electron chi connectivity index (χ2n) is 7.33. The van der Waals surface area contributed by atoms with Crippen molar-refractivity contribution in [3.05, 3.63) is 89.6 Å². The van der Waals surface area contributed by atoms with Gasteiger partial charge in [-0.3, -0.25) is 4.79 Å². The number of nitrogens with one attached hydrogen (secondary N) is 1. The fraction of sp³-hybridized carbons (Fsp3) is 0.148. The lowest BCUT2D eigenvalue weighted by Gasteiger charge is -2.12. The van der Waals surface area contributed by atoms with Crippen LogP contribution in [0.15, 0.2) is 72.9 Å². The fourth-order valence-corrected chi connectivity index (χ4v) is 3.25. The van der Waals surface area contributed by atoms with Crippen molar-refractivity contribution in [1.29, 1.82) is 0 Å². The van der Waals surface area contributed by atoms with E-state index in [1.807, 2.05) is 48.6 Å². The van der Waals surface area contributed by atoms with Crippen LogP contribution in [-0.2, 0) is 0 Å². The van der Waals surface area contributed by atoms with E-state index in [0.29, 0.717) is 17.2 Å². The molecule has 36 heavy (non-hydrogen) atoms. The maximum atomic E-state index is 12.3. The number of rotatable bonds is 10. The van der Waals surface area contributed by atoms with Gasteiger partial charge in [0.2, 0.25) is 5.75 Å². The molecule has 0 aliphatic rings. The third kappa shape index (κ3) is 7.30. The van der Waals surface area contributed by atoms with E-state index in [-0.39, 0.29) is 11.3 Å². The van der Waals surface area contributed by atoms with Gasteiger partial charge in [0.1, 0.15) is 5.75 Å². The lowest BCUT2D eigenvalue weighted by molar-refractivity contribution is -0.274. The molecule has 0 bridgehead atoms. The first-order valence-corrected chi connectivity index (χ1v) is 10.6. The average molecular weight is 499 g/mol. The summed E-state index contributed by atoms with van der Waals surface area (Å²) in [7, 11) is 4.64. The first kappa shape index (κ1) is 26.2. The minimum absolute atomic E-state index is 0.226. The topological polar surface area (TPSA) is 66.0 Å². The smallest absolute Gasteiger partial charge is 0.493 e. The third-order valence-electron chi connectivity index (χ3n) is 4.90. The Morgan fingerprint density at radius 1 is 0.833 bits per heavy atom. The van der Waals surface area contributed by atoms with Crippen LogP contribution in [0.2, 0.25) is 0 Å². The van der Waals surface area contributed by atoms with Gasteiger partial charge in [0.25, 0.3) is 0 Å². The number of anilines is 1. The summed E-state index contributed by atoms with van der Waals surface area (Å²) < 4.78 is 56.7. The number of benzene rings is 3. The molecule has 0 heterocycles. The van der Waals surface area contributed by atoms with Gasteiger partial charge in [-0.1, -0.05) is 24.3 Å². The van der Waals surface area contributed by atoms with Gasteiger partial charge >= 0.3 is 6.36 Å². The van der Waals surface area contributed by atoms with Gasteiger partial charge in [0.05, 0.1) is 21.3 Å². The number of halogens is 3. The molecule has 0 saturated carbocycles. The second-order valence-corrected chi connectivity index (χ2v) is 7.33. The first-order valence-electron chi connectivity index (χ1n) is 10.6. The summed E-state index contributed by atoms with van der Waals surface area (Å²) in [5.74, 6) is 0.834. The zero-order chi connectivity index (χ0) is 26.1. The van der Waals surface area contributed by atoms with Gasteiger partial charge < -0.3 is 24.3 Å². The summed E-state index contributed by atoms with van der Waals surface area (Å²) in [4.78, 5) is 12.3. The Labute approximate surface area is 206 Å². The van der Waals surface area contributed by atoms with Crippen molar-refractivity contribution in [1.82, 2.24) is 0 Å². The Hall–Kier alpha value is -4.40. The van der Waals surface area contributed by atoms with Crippen molar-refractivity contribution >= 4 is 23.6 Å². The maximum Gasteiger partial charge on any atom is 0.573 e. The Morgan fingerprint density at radius 2 is 1.47 bits per heavy atom. The zero-order valence-electron chi connectivity index (χ0n) is 19.8. The lowest BCUT2D eigenvalue weighted by atomic mass is 10.1. The summed E-state index contributed by atoms with van der Waals surface area (Å²) >= 11 is 0. The van der Waals surface area contributed by atoms with E-state index in [0.717, 1.165) is 28.9 Å². The van der Waals surface area contributed by atoms with Crippen LogP contribution < -0.4 is 24.3 Å². The Bertz CT molecular complexity index is 1230. The van der Waals surface area contributed by atoms with Gasteiger partial charge in [-0.15, -0.1) is 13.2 Å². The monoisotopic (exact) mass is 499 g/mol. The van der Waals surface area contributed by atoms with E-state index >= 15 is 0 Å². The molecular weight excluding hydrogens is 475 g/mol. The molecule has 0 fully saturated rings. The van der Waals surface area contributed by atoms with Crippen molar-refractivity contribution in [3.8, 4) is 23.0 Å². The molecule has 6 nitrogen and oxygen atoms in total. The van der Waals surface area contributed by atoms with Crippen LogP contribution in [0, 0.1) is 0 Å². The summed E-state index contributed by atoms with van der Waals surface area (Å²) in [6, 6.07) is 15.8. The Morgan fingerprint density at radius 3 is 2.06 bits per heavy atom.